The van der Waals surface area contributed by atoms with Crippen LogP contribution >= 0.6 is 23.2 Å². The fraction of sp³-hybridized carbons (Fsp3) is 0.133. The Bertz CT molecular complexity index is 632. The Morgan fingerprint density at radius 2 is 1.89 bits per heavy atom. The van der Waals surface area contributed by atoms with Crippen molar-refractivity contribution in [3.05, 3.63) is 63.6 Å². The smallest absolute Gasteiger partial charge is 0.141 e. The second-order valence-electron chi connectivity index (χ2n) is 4.19. The van der Waals surface area contributed by atoms with Crippen molar-refractivity contribution < 1.29 is 0 Å². The van der Waals surface area contributed by atoms with Crippen LogP contribution in [0.3, 0.4) is 0 Å². The van der Waals surface area contributed by atoms with Crippen LogP contribution < -0.4 is 5.32 Å². The van der Waals surface area contributed by atoms with Crippen molar-refractivity contribution in [2.24, 2.45) is 0 Å². The normalized spacial score (nSPS) is 11.7. The highest BCUT2D eigenvalue weighted by Gasteiger charge is 2.14. The predicted molar refractivity (Wildman–Crippen MR) is 79.6 cm³/mol. The summed E-state index contributed by atoms with van der Waals surface area (Å²) in [6.07, 6.45) is 0. The highest BCUT2D eigenvalue weighted by atomic mass is 35.5. The second kappa shape index (κ2) is 5.97. The summed E-state index contributed by atoms with van der Waals surface area (Å²) in [4.78, 5) is 0. The maximum absolute atomic E-state index is 9.32. The van der Waals surface area contributed by atoms with E-state index in [9.17, 15) is 5.26 Å². The molecule has 2 rings (SSSR count). The van der Waals surface area contributed by atoms with Crippen LogP contribution in [0.15, 0.2) is 42.5 Å². The molecular formula is C15H12Cl2N2. The van der Waals surface area contributed by atoms with Crippen LogP contribution in [0, 0.1) is 18.3 Å². The summed E-state index contributed by atoms with van der Waals surface area (Å²) in [7, 11) is 0. The zero-order valence-corrected chi connectivity index (χ0v) is 11.8. The van der Waals surface area contributed by atoms with Crippen molar-refractivity contribution >= 4 is 28.9 Å². The van der Waals surface area contributed by atoms with Gasteiger partial charge < -0.3 is 5.32 Å². The van der Waals surface area contributed by atoms with Crippen LogP contribution in [0.4, 0.5) is 5.69 Å². The molecule has 0 aliphatic heterocycles. The van der Waals surface area contributed by atoms with E-state index < -0.39 is 6.04 Å². The van der Waals surface area contributed by atoms with Gasteiger partial charge >= 0.3 is 0 Å². The molecule has 0 aliphatic carbocycles. The first-order chi connectivity index (χ1) is 9.11. The standard InChI is InChI=1S/C15H12Cl2N2/c1-10-4-2-3-5-14(10)19-15(9-18)12-7-6-11(16)8-13(12)17/h2-8,15,19H,1H3. The molecule has 1 atom stereocenters. The largest absolute Gasteiger partial charge is 0.366 e. The summed E-state index contributed by atoms with van der Waals surface area (Å²) in [5.41, 5.74) is 2.71. The number of hydrogen-bond donors (Lipinski definition) is 1. The van der Waals surface area contributed by atoms with Crippen LogP contribution in [-0.2, 0) is 0 Å². The number of nitrogens with one attached hydrogen (secondary N) is 1. The summed E-state index contributed by atoms with van der Waals surface area (Å²) in [5, 5.41) is 13.5. The van der Waals surface area contributed by atoms with E-state index in [1.54, 1.807) is 18.2 Å². The van der Waals surface area contributed by atoms with Crippen molar-refractivity contribution in [1.29, 1.82) is 5.26 Å². The van der Waals surface area contributed by atoms with Gasteiger partial charge in [-0.05, 0) is 30.7 Å². The molecule has 19 heavy (non-hydrogen) atoms. The number of nitrogens with zero attached hydrogens (tertiary/aromatic N) is 1. The minimum atomic E-state index is -0.508. The lowest BCUT2D eigenvalue weighted by molar-refractivity contribution is 0.994. The van der Waals surface area contributed by atoms with E-state index in [2.05, 4.69) is 11.4 Å². The van der Waals surface area contributed by atoms with E-state index in [1.165, 1.54) is 0 Å². The summed E-state index contributed by atoms with van der Waals surface area (Å²) in [6.45, 7) is 1.99. The molecule has 1 N–H and O–H groups in total. The highest BCUT2D eigenvalue weighted by Crippen LogP contribution is 2.29. The SMILES string of the molecule is Cc1ccccc1NC(C#N)c1ccc(Cl)cc1Cl. The molecule has 0 saturated heterocycles. The average molecular weight is 291 g/mol. The topological polar surface area (TPSA) is 35.8 Å². The van der Waals surface area contributed by atoms with Gasteiger partial charge in [0, 0.05) is 21.3 Å². The predicted octanol–water partition coefficient (Wildman–Crippen LogP) is 4.98. The van der Waals surface area contributed by atoms with Gasteiger partial charge in [0.25, 0.3) is 0 Å². The van der Waals surface area contributed by atoms with Crippen LogP contribution in [-0.4, -0.2) is 0 Å². The van der Waals surface area contributed by atoms with Gasteiger partial charge in [0.05, 0.1) is 6.07 Å². The fourth-order valence-corrected chi connectivity index (χ4v) is 2.32. The lowest BCUT2D eigenvalue weighted by Crippen LogP contribution is -2.09. The first kappa shape index (κ1) is 13.7. The number of benzene rings is 2. The van der Waals surface area contributed by atoms with Crippen LogP contribution in [0.5, 0.6) is 0 Å². The molecule has 2 nitrogen and oxygen atoms in total. The van der Waals surface area contributed by atoms with Crippen LogP contribution in [0.2, 0.25) is 10.0 Å². The lowest BCUT2D eigenvalue weighted by atomic mass is 10.1. The van der Waals surface area contributed by atoms with Crippen LogP contribution in [0.25, 0.3) is 0 Å². The third-order valence-corrected chi connectivity index (χ3v) is 3.41. The number of nitriles is 1. The molecule has 4 heteroatoms. The Kier molecular flexibility index (Phi) is 4.31. The Hall–Kier alpha value is -1.69. The van der Waals surface area contributed by atoms with Crippen molar-refractivity contribution in [1.82, 2.24) is 0 Å². The summed E-state index contributed by atoms with van der Waals surface area (Å²) in [6, 6.07) is 14.6. The van der Waals surface area contributed by atoms with Gasteiger partial charge in [-0.1, -0.05) is 47.5 Å². The second-order valence-corrected chi connectivity index (χ2v) is 5.03. The first-order valence-corrected chi connectivity index (χ1v) is 6.54. The first-order valence-electron chi connectivity index (χ1n) is 5.78. The molecule has 1 unspecified atom stereocenters. The zero-order valence-electron chi connectivity index (χ0n) is 10.3. The Balaban J connectivity index is 2.31. The van der Waals surface area contributed by atoms with Crippen molar-refractivity contribution in [3.63, 3.8) is 0 Å². The monoisotopic (exact) mass is 290 g/mol. The van der Waals surface area contributed by atoms with E-state index in [-0.39, 0.29) is 0 Å². The lowest BCUT2D eigenvalue weighted by Gasteiger charge is -2.16. The molecule has 96 valence electrons. The highest BCUT2D eigenvalue weighted by molar-refractivity contribution is 6.35. The summed E-state index contributed by atoms with van der Waals surface area (Å²) >= 11 is 12.0. The number of rotatable bonds is 3. The minimum absolute atomic E-state index is 0.486. The molecule has 0 saturated carbocycles. The maximum atomic E-state index is 9.32. The molecule has 2 aromatic rings. The molecule has 0 radical (unpaired) electrons. The number of hydrogen-bond acceptors (Lipinski definition) is 2. The quantitative estimate of drug-likeness (QED) is 0.865. The van der Waals surface area contributed by atoms with Crippen molar-refractivity contribution in [3.8, 4) is 6.07 Å². The Morgan fingerprint density at radius 1 is 1.16 bits per heavy atom. The van der Waals surface area contributed by atoms with E-state index in [0.717, 1.165) is 16.8 Å². The van der Waals surface area contributed by atoms with Gasteiger partial charge in [-0.2, -0.15) is 5.26 Å². The Morgan fingerprint density at radius 3 is 2.53 bits per heavy atom. The third kappa shape index (κ3) is 3.20. The maximum Gasteiger partial charge on any atom is 0.141 e. The number of para-hydroxylation sites is 1. The molecular weight excluding hydrogens is 279 g/mol. The summed E-state index contributed by atoms with van der Waals surface area (Å²) in [5.74, 6) is 0. The van der Waals surface area contributed by atoms with Gasteiger partial charge in [0.15, 0.2) is 0 Å². The van der Waals surface area contributed by atoms with Crippen molar-refractivity contribution in [2.45, 2.75) is 13.0 Å². The van der Waals surface area contributed by atoms with Crippen molar-refractivity contribution in [2.75, 3.05) is 5.32 Å². The van der Waals surface area contributed by atoms with Gasteiger partial charge in [0.1, 0.15) is 6.04 Å². The summed E-state index contributed by atoms with van der Waals surface area (Å²) < 4.78 is 0. The van der Waals surface area contributed by atoms with Gasteiger partial charge in [-0.15, -0.1) is 0 Å². The van der Waals surface area contributed by atoms with Gasteiger partial charge in [-0.25, -0.2) is 0 Å². The zero-order chi connectivity index (χ0) is 13.8. The van der Waals surface area contributed by atoms with Gasteiger partial charge in [-0.3, -0.25) is 0 Å². The van der Waals surface area contributed by atoms with E-state index in [4.69, 9.17) is 23.2 Å². The minimum Gasteiger partial charge on any atom is -0.366 e. The number of anilines is 1. The number of aryl methyl sites for hydroxylation is 1. The average Bonchev–Trinajstić information content (AvgIpc) is 2.39. The molecule has 0 aliphatic rings. The number of halogens is 2. The van der Waals surface area contributed by atoms with Crippen LogP contribution in [0.1, 0.15) is 17.2 Å². The molecule has 2 aromatic carbocycles. The van der Waals surface area contributed by atoms with E-state index >= 15 is 0 Å². The molecule has 0 aromatic heterocycles. The molecule has 0 bridgehead atoms. The fourth-order valence-electron chi connectivity index (χ4n) is 1.81. The Labute approximate surface area is 122 Å². The van der Waals surface area contributed by atoms with Gasteiger partial charge in [0.2, 0.25) is 0 Å². The molecule has 0 fully saturated rings. The molecule has 0 amide bonds. The molecule has 0 spiro atoms. The molecule has 0 heterocycles. The third-order valence-electron chi connectivity index (χ3n) is 2.85. The van der Waals surface area contributed by atoms with E-state index in [1.807, 2.05) is 31.2 Å². The van der Waals surface area contributed by atoms with E-state index in [0.29, 0.717) is 10.0 Å².